The minimum Gasteiger partial charge on any atom is -0.381 e. The second kappa shape index (κ2) is 11.1. The highest BCUT2D eigenvalue weighted by Crippen LogP contribution is 2.44. The molecule has 1 amide bonds. The Labute approximate surface area is 193 Å². The topological polar surface area (TPSA) is 62.4 Å². The van der Waals surface area contributed by atoms with Crippen LogP contribution in [0.15, 0.2) is 30.3 Å². The van der Waals surface area contributed by atoms with Crippen LogP contribution in [0.2, 0.25) is 0 Å². The van der Waals surface area contributed by atoms with Gasteiger partial charge in [-0.3, -0.25) is 4.79 Å². The van der Waals surface area contributed by atoms with Gasteiger partial charge >= 0.3 is 0 Å². The summed E-state index contributed by atoms with van der Waals surface area (Å²) in [4.78, 5) is 13.3. The third kappa shape index (κ3) is 5.31. The van der Waals surface area contributed by atoms with Crippen LogP contribution < -0.4 is 16.0 Å². The quantitative estimate of drug-likeness (QED) is 0.610. The van der Waals surface area contributed by atoms with Gasteiger partial charge in [-0.2, -0.15) is 0 Å². The van der Waals surface area contributed by atoms with Gasteiger partial charge in [0.05, 0.1) is 5.41 Å². The summed E-state index contributed by atoms with van der Waals surface area (Å²) in [7, 11) is 0. The van der Waals surface area contributed by atoms with Crippen molar-refractivity contribution in [3.63, 3.8) is 0 Å². The molecule has 0 spiro atoms. The Morgan fingerprint density at radius 3 is 2.63 bits per heavy atom. The molecule has 2 saturated heterocycles. The zero-order valence-electron chi connectivity index (χ0n) is 18.0. The molecule has 7 heteroatoms. The van der Waals surface area contributed by atoms with Gasteiger partial charge in [0.15, 0.2) is 0 Å². The van der Waals surface area contributed by atoms with E-state index in [1.807, 2.05) is 0 Å². The monoisotopic (exact) mass is 457 g/mol. The van der Waals surface area contributed by atoms with Gasteiger partial charge in [-0.25, -0.2) is 0 Å². The maximum absolute atomic E-state index is 13.3. The fourth-order valence-electron chi connectivity index (χ4n) is 5.53. The Kier molecular flexibility index (Phi) is 9.44. The standard InChI is InChI=1S/C23H35N3O2.2ClH/c1-18(19-7-3-2-4-8-19)26-22(11-13-28-14-12-22)16-25-21(27)23-10-6-5-9-20(23)15-24-17-23;;/h2-4,7-8,18,20,24,26H,5-6,9-17H2,1H3,(H,25,27);2*1H/t18?,20-,23+;;/m0../s1. The number of hydrogen-bond acceptors (Lipinski definition) is 4. The number of ether oxygens (including phenoxy) is 1. The number of carbonyl (C=O) groups excluding carboxylic acids is 1. The number of hydrogen-bond donors (Lipinski definition) is 3. The molecule has 2 aliphatic heterocycles. The third-order valence-corrected chi connectivity index (χ3v) is 7.35. The highest BCUT2D eigenvalue weighted by atomic mass is 35.5. The number of benzene rings is 1. The van der Waals surface area contributed by atoms with Crippen molar-refractivity contribution in [3.8, 4) is 0 Å². The van der Waals surface area contributed by atoms with Gasteiger partial charge in [-0.1, -0.05) is 43.2 Å². The van der Waals surface area contributed by atoms with Crippen molar-refractivity contribution >= 4 is 30.7 Å². The summed E-state index contributed by atoms with van der Waals surface area (Å²) in [6, 6.07) is 10.8. The molecule has 2 heterocycles. The molecule has 1 aromatic carbocycles. The maximum Gasteiger partial charge on any atom is 0.227 e. The summed E-state index contributed by atoms with van der Waals surface area (Å²) in [5, 5.41) is 10.7. The highest BCUT2D eigenvalue weighted by Gasteiger charge is 2.50. The normalized spacial score (nSPS) is 28.4. The number of carbonyl (C=O) groups is 1. The Bertz CT molecular complexity index is 670. The molecule has 1 aromatic rings. The Morgan fingerprint density at radius 2 is 1.90 bits per heavy atom. The molecule has 3 fully saturated rings. The third-order valence-electron chi connectivity index (χ3n) is 7.35. The number of rotatable bonds is 6. The van der Waals surface area contributed by atoms with Gasteiger partial charge in [-0.15, -0.1) is 24.8 Å². The lowest BCUT2D eigenvalue weighted by Crippen LogP contribution is -2.59. The predicted molar refractivity (Wildman–Crippen MR) is 126 cm³/mol. The second-order valence-corrected chi connectivity index (χ2v) is 9.08. The lowest BCUT2D eigenvalue weighted by molar-refractivity contribution is -0.134. The lowest BCUT2D eigenvalue weighted by Gasteiger charge is -2.42. The minimum absolute atomic E-state index is 0. The number of fused-ring (bicyclic) bond motifs is 1. The Hall–Kier alpha value is -0.850. The first-order valence-corrected chi connectivity index (χ1v) is 11.0. The van der Waals surface area contributed by atoms with Crippen molar-refractivity contribution in [2.75, 3.05) is 32.8 Å². The van der Waals surface area contributed by atoms with Crippen LogP contribution in [0.5, 0.6) is 0 Å². The molecule has 3 atom stereocenters. The van der Waals surface area contributed by atoms with Crippen molar-refractivity contribution in [1.82, 2.24) is 16.0 Å². The lowest BCUT2D eigenvalue weighted by atomic mass is 9.67. The largest absolute Gasteiger partial charge is 0.381 e. The maximum atomic E-state index is 13.3. The molecular formula is C23H37Cl2N3O2. The molecule has 0 aromatic heterocycles. The minimum atomic E-state index is -0.185. The molecule has 3 aliphatic rings. The van der Waals surface area contributed by atoms with E-state index in [1.165, 1.54) is 24.8 Å². The van der Waals surface area contributed by atoms with E-state index < -0.39 is 0 Å². The molecule has 1 saturated carbocycles. The fraction of sp³-hybridized carbons (Fsp3) is 0.696. The summed E-state index contributed by atoms with van der Waals surface area (Å²) in [6.07, 6.45) is 6.51. The van der Waals surface area contributed by atoms with Gasteiger partial charge < -0.3 is 20.7 Å². The van der Waals surface area contributed by atoms with E-state index in [-0.39, 0.29) is 47.7 Å². The summed E-state index contributed by atoms with van der Waals surface area (Å²) >= 11 is 0. The number of amides is 1. The molecule has 4 rings (SSSR count). The van der Waals surface area contributed by atoms with Gasteiger partial charge in [-0.05, 0) is 50.6 Å². The van der Waals surface area contributed by atoms with Crippen LogP contribution >= 0.6 is 24.8 Å². The van der Waals surface area contributed by atoms with Gasteiger partial charge in [0.1, 0.15) is 0 Å². The average Bonchev–Trinajstić information content (AvgIpc) is 3.19. The van der Waals surface area contributed by atoms with Crippen LogP contribution in [0.25, 0.3) is 0 Å². The number of halogens is 2. The van der Waals surface area contributed by atoms with E-state index in [1.54, 1.807) is 0 Å². The second-order valence-electron chi connectivity index (χ2n) is 9.08. The van der Waals surface area contributed by atoms with Crippen molar-refractivity contribution in [2.45, 2.75) is 57.0 Å². The molecule has 30 heavy (non-hydrogen) atoms. The first kappa shape index (κ1) is 25.4. The summed E-state index contributed by atoms with van der Waals surface area (Å²) < 4.78 is 5.64. The predicted octanol–water partition coefficient (Wildman–Crippen LogP) is 3.63. The van der Waals surface area contributed by atoms with E-state index >= 15 is 0 Å². The molecular weight excluding hydrogens is 421 g/mol. The summed E-state index contributed by atoms with van der Waals surface area (Å²) in [6.45, 7) is 6.23. The first-order valence-electron chi connectivity index (χ1n) is 11.0. The van der Waals surface area contributed by atoms with Crippen LogP contribution in [0, 0.1) is 11.3 Å². The van der Waals surface area contributed by atoms with Crippen LogP contribution in [0.4, 0.5) is 0 Å². The Morgan fingerprint density at radius 1 is 1.17 bits per heavy atom. The van der Waals surface area contributed by atoms with Crippen LogP contribution in [-0.2, 0) is 9.53 Å². The SMILES string of the molecule is CC(NC1(CNC(=O)[C@@]23CCCC[C@H]2CNC3)CCOCC1)c1ccccc1.Cl.Cl. The van der Waals surface area contributed by atoms with E-state index in [4.69, 9.17) is 4.74 Å². The molecule has 170 valence electrons. The fourth-order valence-corrected chi connectivity index (χ4v) is 5.53. The van der Waals surface area contributed by atoms with Crippen molar-refractivity contribution in [1.29, 1.82) is 0 Å². The summed E-state index contributed by atoms with van der Waals surface area (Å²) in [5.74, 6) is 0.769. The van der Waals surface area contributed by atoms with Crippen molar-refractivity contribution < 1.29 is 9.53 Å². The zero-order valence-corrected chi connectivity index (χ0v) is 19.6. The van der Waals surface area contributed by atoms with E-state index in [2.05, 4.69) is 53.2 Å². The zero-order chi connectivity index (χ0) is 19.5. The van der Waals surface area contributed by atoms with E-state index in [0.29, 0.717) is 12.5 Å². The Balaban J connectivity index is 0.00000160. The van der Waals surface area contributed by atoms with E-state index in [9.17, 15) is 4.79 Å². The highest BCUT2D eigenvalue weighted by molar-refractivity contribution is 5.85. The molecule has 3 N–H and O–H groups in total. The van der Waals surface area contributed by atoms with E-state index in [0.717, 1.165) is 45.6 Å². The van der Waals surface area contributed by atoms with Gasteiger partial charge in [0, 0.05) is 37.9 Å². The molecule has 0 radical (unpaired) electrons. The van der Waals surface area contributed by atoms with Crippen LogP contribution in [0.3, 0.4) is 0 Å². The van der Waals surface area contributed by atoms with Crippen LogP contribution in [-0.4, -0.2) is 44.3 Å². The van der Waals surface area contributed by atoms with Crippen LogP contribution in [0.1, 0.15) is 57.1 Å². The molecule has 1 unspecified atom stereocenters. The van der Waals surface area contributed by atoms with Gasteiger partial charge in [0.2, 0.25) is 5.91 Å². The summed E-state index contributed by atoms with van der Waals surface area (Å²) in [5.41, 5.74) is 0.997. The molecule has 5 nitrogen and oxygen atoms in total. The molecule has 0 bridgehead atoms. The number of nitrogens with one attached hydrogen (secondary N) is 3. The molecule has 1 aliphatic carbocycles. The average molecular weight is 458 g/mol. The first-order chi connectivity index (χ1) is 13.6. The van der Waals surface area contributed by atoms with Gasteiger partial charge in [0.25, 0.3) is 0 Å². The smallest absolute Gasteiger partial charge is 0.227 e. The van der Waals surface area contributed by atoms with Crippen molar-refractivity contribution in [3.05, 3.63) is 35.9 Å². The van der Waals surface area contributed by atoms with Crippen molar-refractivity contribution in [2.24, 2.45) is 11.3 Å².